The molecule has 0 aromatic carbocycles. The van der Waals surface area contributed by atoms with Crippen molar-refractivity contribution in [3.8, 4) is 0 Å². The Morgan fingerprint density at radius 1 is 1.26 bits per heavy atom. The Hall–Kier alpha value is -1.21. The second-order valence-corrected chi connectivity index (χ2v) is 6.02. The van der Waals surface area contributed by atoms with Crippen molar-refractivity contribution in [1.82, 2.24) is 19.3 Å². The summed E-state index contributed by atoms with van der Waals surface area (Å²) in [6, 6.07) is 1.97. The highest BCUT2D eigenvalue weighted by Crippen LogP contribution is 2.28. The van der Waals surface area contributed by atoms with Crippen LogP contribution in [-0.4, -0.2) is 25.9 Å². The molecular formula is C12H17N5S2. The number of hydrogen-bond donors (Lipinski definition) is 1. The molecular weight excluding hydrogens is 278 g/mol. The van der Waals surface area contributed by atoms with Gasteiger partial charge in [-0.05, 0) is 36.6 Å². The van der Waals surface area contributed by atoms with Gasteiger partial charge in [-0.1, -0.05) is 13.8 Å². The number of aryl methyl sites for hydroxylation is 2. The minimum Gasteiger partial charge on any atom is -0.370 e. The molecule has 0 saturated carbocycles. The predicted molar refractivity (Wildman–Crippen MR) is 79.0 cm³/mol. The normalized spacial score (nSPS) is 10.7. The Balaban J connectivity index is 2.18. The van der Waals surface area contributed by atoms with Crippen LogP contribution in [0, 0.1) is 6.92 Å². The largest absolute Gasteiger partial charge is 0.370 e. The third kappa shape index (κ3) is 4.14. The second kappa shape index (κ2) is 6.81. The number of nitrogens with zero attached hydrogens (tertiary/aromatic N) is 4. The third-order valence-corrected chi connectivity index (χ3v) is 4.08. The fourth-order valence-corrected chi connectivity index (χ4v) is 3.05. The summed E-state index contributed by atoms with van der Waals surface area (Å²) in [5, 5.41) is 4.22. The zero-order chi connectivity index (χ0) is 13.7. The van der Waals surface area contributed by atoms with Crippen molar-refractivity contribution < 1.29 is 0 Å². The van der Waals surface area contributed by atoms with Gasteiger partial charge in [0.2, 0.25) is 0 Å². The maximum absolute atomic E-state index is 4.52. The van der Waals surface area contributed by atoms with Gasteiger partial charge in [0.15, 0.2) is 4.34 Å². The molecule has 0 aliphatic rings. The maximum atomic E-state index is 4.52. The van der Waals surface area contributed by atoms with Crippen LogP contribution < -0.4 is 5.32 Å². The van der Waals surface area contributed by atoms with E-state index in [-0.39, 0.29) is 0 Å². The van der Waals surface area contributed by atoms with Crippen molar-refractivity contribution in [1.29, 1.82) is 0 Å². The van der Waals surface area contributed by atoms with Gasteiger partial charge in [-0.3, -0.25) is 0 Å². The molecule has 102 valence electrons. The lowest BCUT2D eigenvalue weighted by molar-refractivity contribution is 0.877. The molecule has 0 amide bonds. The van der Waals surface area contributed by atoms with E-state index in [1.807, 2.05) is 13.0 Å². The van der Waals surface area contributed by atoms with Gasteiger partial charge in [-0.15, -0.1) is 0 Å². The topological polar surface area (TPSA) is 63.6 Å². The SMILES string of the molecule is CCCNc1cc(Sc2nc(C)ns2)nc(CC)n1. The molecule has 0 fully saturated rings. The fourth-order valence-electron chi connectivity index (χ4n) is 1.44. The summed E-state index contributed by atoms with van der Waals surface area (Å²) in [5.41, 5.74) is 0. The molecule has 0 radical (unpaired) electrons. The Bertz CT molecular complexity index is 541. The van der Waals surface area contributed by atoms with Crippen molar-refractivity contribution in [2.24, 2.45) is 0 Å². The van der Waals surface area contributed by atoms with Crippen LogP contribution in [-0.2, 0) is 6.42 Å². The predicted octanol–water partition coefficient (Wildman–Crippen LogP) is 3.17. The maximum Gasteiger partial charge on any atom is 0.176 e. The van der Waals surface area contributed by atoms with E-state index >= 15 is 0 Å². The fraction of sp³-hybridized carbons (Fsp3) is 0.500. The van der Waals surface area contributed by atoms with E-state index in [9.17, 15) is 0 Å². The molecule has 0 aliphatic heterocycles. The number of aromatic nitrogens is 4. The molecule has 2 aromatic rings. The van der Waals surface area contributed by atoms with Crippen LogP contribution in [0.25, 0.3) is 0 Å². The average molecular weight is 295 g/mol. The molecule has 2 rings (SSSR count). The van der Waals surface area contributed by atoms with Crippen molar-refractivity contribution >= 4 is 29.1 Å². The molecule has 0 atom stereocenters. The van der Waals surface area contributed by atoms with E-state index in [2.05, 4.69) is 38.5 Å². The summed E-state index contributed by atoms with van der Waals surface area (Å²) in [6.45, 7) is 7.01. The van der Waals surface area contributed by atoms with E-state index in [1.165, 1.54) is 23.3 Å². The van der Waals surface area contributed by atoms with E-state index in [0.717, 1.165) is 46.2 Å². The highest BCUT2D eigenvalue weighted by atomic mass is 32.2. The monoisotopic (exact) mass is 295 g/mol. The van der Waals surface area contributed by atoms with E-state index in [1.54, 1.807) is 0 Å². The van der Waals surface area contributed by atoms with Crippen LogP contribution in [0.3, 0.4) is 0 Å². The van der Waals surface area contributed by atoms with Crippen LogP contribution in [0.2, 0.25) is 0 Å². The second-order valence-electron chi connectivity index (χ2n) is 4.00. The molecule has 19 heavy (non-hydrogen) atoms. The third-order valence-electron chi connectivity index (χ3n) is 2.32. The van der Waals surface area contributed by atoms with E-state index in [0.29, 0.717) is 0 Å². The lowest BCUT2D eigenvalue weighted by Crippen LogP contribution is -2.05. The molecule has 0 aliphatic carbocycles. The molecule has 2 aromatic heterocycles. The first-order chi connectivity index (χ1) is 9.21. The average Bonchev–Trinajstić information content (AvgIpc) is 2.81. The molecule has 0 unspecified atom stereocenters. The first kappa shape index (κ1) is 14.2. The quantitative estimate of drug-likeness (QED) is 0.826. The molecule has 2 heterocycles. The Labute approximate surface area is 121 Å². The van der Waals surface area contributed by atoms with Gasteiger partial charge < -0.3 is 5.32 Å². The van der Waals surface area contributed by atoms with E-state index < -0.39 is 0 Å². The standard InChI is InChI=1S/C12H17N5S2/c1-4-6-13-10-7-11(16-9(5-2)15-10)18-12-14-8(3)17-19-12/h7H,4-6H2,1-3H3,(H,13,15,16). The van der Waals surface area contributed by atoms with Crippen molar-refractivity contribution in [3.63, 3.8) is 0 Å². The van der Waals surface area contributed by atoms with Crippen molar-refractivity contribution in [3.05, 3.63) is 17.7 Å². The van der Waals surface area contributed by atoms with Crippen LogP contribution in [0.4, 0.5) is 5.82 Å². The molecule has 0 spiro atoms. The summed E-state index contributed by atoms with van der Waals surface area (Å²) in [5.74, 6) is 2.55. The van der Waals surface area contributed by atoms with Crippen molar-refractivity contribution in [2.75, 3.05) is 11.9 Å². The van der Waals surface area contributed by atoms with Crippen LogP contribution in [0.15, 0.2) is 15.4 Å². The molecule has 1 N–H and O–H groups in total. The van der Waals surface area contributed by atoms with Crippen LogP contribution >= 0.6 is 23.3 Å². The van der Waals surface area contributed by atoms with Gasteiger partial charge in [-0.25, -0.2) is 15.0 Å². The summed E-state index contributed by atoms with van der Waals surface area (Å²) >= 11 is 2.94. The molecule has 7 heteroatoms. The summed E-state index contributed by atoms with van der Waals surface area (Å²) in [6.07, 6.45) is 1.90. The highest BCUT2D eigenvalue weighted by molar-refractivity contribution is 8.00. The van der Waals surface area contributed by atoms with E-state index in [4.69, 9.17) is 0 Å². The molecule has 0 bridgehead atoms. The minimum absolute atomic E-state index is 0.807. The summed E-state index contributed by atoms with van der Waals surface area (Å²) < 4.78 is 5.09. The lowest BCUT2D eigenvalue weighted by Gasteiger charge is -2.07. The minimum atomic E-state index is 0.807. The van der Waals surface area contributed by atoms with Crippen LogP contribution in [0.5, 0.6) is 0 Å². The zero-order valence-electron chi connectivity index (χ0n) is 11.3. The first-order valence-electron chi connectivity index (χ1n) is 6.31. The smallest absolute Gasteiger partial charge is 0.176 e. The Morgan fingerprint density at radius 2 is 2.11 bits per heavy atom. The van der Waals surface area contributed by atoms with Gasteiger partial charge in [-0.2, -0.15) is 4.37 Å². The number of anilines is 1. The molecule has 5 nitrogen and oxygen atoms in total. The summed E-state index contributed by atoms with van der Waals surface area (Å²) in [7, 11) is 0. The zero-order valence-corrected chi connectivity index (χ0v) is 12.9. The van der Waals surface area contributed by atoms with Gasteiger partial charge in [0.25, 0.3) is 0 Å². The molecule has 0 saturated heterocycles. The Kier molecular flexibility index (Phi) is 5.09. The van der Waals surface area contributed by atoms with Crippen LogP contribution in [0.1, 0.15) is 31.9 Å². The van der Waals surface area contributed by atoms with Crippen molar-refractivity contribution in [2.45, 2.75) is 43.0 Å². The summed E-state index contributed by atoms with van der Waals surface area (Å²) in [4.78, 5) is 13.3. The van der Waals surface area contributed by atoms with Gasteiger partial charge >= 0.3 is 0 Å². The number of nitrogens with one attached hydrogen (secondary N) is 1. The number of hydrogen-bond acceptors (Lipinski definition) is 7. The lowest BCUT2D eigenvalue weighted by atomic mass is 10.4. The number of rotatable bonds is 6. The Morgan fingerprint density at radius 3 is 2.74 bits per heavy atom. The van der Waals surface area contributed by atoms with Gasteiger partial charge in [0, 0.05) is 19.0 Å². The first-order valence-corrected chi connectivity index (χ1v) is 7.90. The van der Waals surface area contributed by atoms with Gasteiger partial charge in [0.1, 0.15) is 22.5 Å². The van der Waals surface area contributed by atoms with Gasteiger partial charge in [0.05, 0.1) is 0 Å². The highest BCUT2D eigenvalue weighted by Gasteiger charge is 2.08.